The van der Waals surface area contributed by atoms with Crippen LogP contribution in [0.5, 0.6) is 0 Å². The van der Waals surface area contributed by atoms with Gasteiger partial charge in [-0.15, -0.1) is 0 Å². The van der Waals surface area contributed by atoms with Crippen molar-refractivity contribution in [2.75, 3.05) is 6.61 Å². The van der Waals surface area contributed by atoms with Crippen LogP contribution in [0.1, 0.15) is 12.8 Å². The van der Waals surface area contributed by atoms with Gasteiger partial charge in [-0.1, -0.05) is 0 Å². The topological polar surface area (TPSA) is 128 Å². The summed E-state index contributed by atoms with van der Waals surface area (Å²) in [4.78, 5) is 10.8. The number of primary amides is 1. The highest BCUT2D eigenvalue weighted by molar-refractivity contribution is 5.80. The van der Waals surface area contributed by atoms with Crippen LogP contribution in [-0.2, 0) is 14.3 Å². The van der Waals surface area contributed by atoms with Crippen LogP contribution in [0.25, 0.3) is 0 Å². The first kappa shape index (κ1) is 17.1. The van der Waals surface area contributed by atoms with E-state index in [1.54, 1.807) is 0 Å². The highest BCUT2D eigenvalue weighted by atomic mass is 19.4. The summed E-state index contributed by atoms with van der Waals surface area (Å²) in [6.07, 6.45) is -11.0. The third kappa shape index (κ3) is 4.56. The zero-order valence-corrected chi connectivity index (χ0v) is 10.4. The van der Waals surface area contributed by atoms with E-state index in [1.807, 2.05) is 0 Å². The number of ether oxygens (including phenoxy) is 2. The first-order valence-corrected chi connectivity index (χ1v) is 5.86. The van der Waals surface area contributed by atoms with E-state index in [0.717, 1.165) is 0 Å². The molecule has 0 aromatic carbocycles. The van der Waals surface area contributed by atoms with Crippen molar-refractivity contribution in [3.63, 3.8) is 0 Å². The number of hydrogen-bond acceptors (Lipinski definition) is 6. The molecular weight excluding hydrogens is 285 g/mol. The lowest BCUT2D eigenvalue weighted by atomic mass is 10.1. The number of halogens is 3. The lowest BCUT2D eigenvalue weighted by molar-refractivity contribution is -0.300. The summed E-state index contributed by atoms with van der Waals surface area (Å²) in [7, 11) is 0. The molecule has 6 N–H and O–H groups in total. The van der Waals surface area contributed by atoms with Gasteiger partial charge in [-0.05, 0) is 0 Å². The molecule has 10 heteroatoms. The number of hydrogen-bond donors (Lipinski definition) is 4. The third-order valence-corrected chi connectivity index (χ3v) is 2.82. The van der Waals surface area contributed by atoms with Crippen LogP contribution < -0.4 is 11.5 Å². The Balaban J connectivity index is 2.76. The van der Waals surface area contributed by atoms with Crippen molar-refractivity contribution >= 4 is 5.91 Å². The maximum Gasteiger partial charge on any atom is 0.416 e. The number of carbonyl (C=O) groups excluding carboxylic acids is 1. The van der Waals surface area contributed by atoms with E-state index in [9.17, 15) is 23.1 Å². The van der Waals surface area contributed by atoms with Gasteiger partial charge in [0.25, 0.3) is 0 Å². The van der Waals surface area contributed by atoms with Gasteiger partial charge in [0, 0.05) is 12.8 Å². The van der Waals surface area contributed by atoms with Gasteiger partial charge in [0.1, 0.15) is 6.04 Å². The Bertz CT molecular complexity index is 341. The first-order valence-electron chi connectivity index (χ1n) is 5.86. The predicted octanol–water partition coefficient (Wildman–Crippen LogP) is -1.40. The minimum Gasteiger partial charge on any atom is -0.394 e. The minimum atomic E-state index is -4.92. The van der Waals surface area contributed by atoms with Gasteiger partial charge in [0.2, 0.25) is 5.91 Å². The highest BCUT2D eigenvalue weighted by Gasteiger charge is 2.49. The summed E-state index contributed by atoms with van der Waals surface area (Å²) in [6, 6.07) is -2.09. The molecule has 1 heterocycles. The molecule has 0 aliphatic carbocycles. The van der Waals surface area contributed by atoms with Crippen LogP contribution in [0.2, 0.25) is 0 Å². The first-order chi connectivity index (χ1) is 9.15. The Labute approximate surface area is 112 Å². The maximum absolute atomic E-state index is 12.8. The largest absolute Gasteiger partial charge is 0.416 e. The average Bonchev–Trinajstić information content (AvgIpc) is 2.32. The number of rotatable bonds is 5. The van der Waals surface area contributed by atoms with Crippen LogP contribution in [0.15, 0.2) is 0 Å². The molecule has 0 aromatic heterocycles. The predicted molar refractivity (Wildman–Crippen MR) is 59.1 cm³/mol. The molecule has 5 atom stereocenters. The zero-order chi connectivity index (χ0) is 15.5. The van der Waals surface area contributed by atoms with Crippen molar-refractivity contribution in [1.82, 2.24) is 0 Å². The molecule has 1 fully saturated rings. The lowest BCUT2D eigenvalue weighted by Gasteiger charge is -2.35. The van der Waals surface area contributed by atoms with Crippen molar-refractivity contribution in [2.24, 2.45) is 11.5 Å². The van der Waals surface area contributed by atoms with Crippen LogP contribution in [0, 0.1) is 0 Å². The summed E-state index contributed by atoms with van der Waals surface area (Å²) >= 11 is 0. The summed E-state index contributed by atoms with van der Waals surface area (Å²) in [5.41, 5.74) is 9.82. The molecule has 0 radical (unpaired) electrons. The fourth-order valence-corrected chi connectivity index (χ4v) is 1.83. The van der Waals surface area contributed by atoms with Crippen molar-refractivity contribution in [1.29, 1.82) is 0 Å². The fourth-order valence-electron chi connectivity index (χ4n) is 1.83. The van der Waals surface area contributed by atoms with Crippen molar-refractivity contribution < 1.29 is 37.7 Å². The Morgan fingerprint density at radius 3 is 2.50 bits per heavy atom. The molecule has 1 aliphatic heterocycles. The minimum absolute atomic E-state index is 0.0783. The van der Waals surface area contributed by atoms with Gasteiger partial charge in [0.15, 0.2) is 12.4 Å². The Morgan fingerprint density at radius 2 is 2.05 bits per heavy atom. The fraction of sp³-hybridized carbons (Fsp3) is 0.900. The molecule has 7 nitrogen and oxygen atoms in total. The second kappa shape index (κ2) is 6.68. The molecule has 5 unspecified atom stereocenters. The van der Waals surface area contributed by atoms with Crippen molar-refractivity contribution in [3.8, 4) is 0 Å². The van der Waals surface area contributed by atoms with Gasteiger partial charge in [-0.3, -0.25) is 4.79 Å². The van der Waals surface area contributed by atoms with Crippen LogP contribution in [0.4, 0.5) is 13.2 Å². The highest BCUT2D eigenvalue weighted by Crippen LogP contribution is 2.29. The number of aliphatic hydroxyl groups excluding tert-OH is 2. The number of amides is 1. The Morgan fingerprint density at radius 1 is 1.45 bits per heavy atom. The van der Waals surface area contributed by atoms with Gasteiger partial charge < -0.3 is 31.2 Å². The molecule has 20 heavy (non-hydrogen) atoms. The number of nitrogens with two attached hydrogens (primary N) is 2. The molecule has 1 amide bonds. The molecule has 1 saturated heterocycles. The molecule has 1 rings (SSSR count). The van der Waals surface area contributed by atoms with E-state index < -0.39 is 49.3 Å². The summed E-state index contributed by atoms with van der Waals surface area (Å²) in [6.45, 7) is -0.477. The molecule has 0 spiro atoms. The summed E-state index contributed by atoms with van der Waals surface area (Å²) < 4.78 is 48.0. The number of alkyl halides is 3. The smallest absolute Gasteiger partial charge is 0.394 e. The van der Waals surface area contributed by atoms with E-state index in [-0.39, 0.29) is 12.8 Å². The van der Waals surface area contributed by atoms with Crippen LogP contribution in [0.3, 0.4) is 0 Å². The third-order valence-electron chi connectivity index (χ3n) is 2.82. The van der Waals surface area contributed by atoms with E-state index in [4.69, 9.17) is 21.3 Å². The van der Waals surface area contributed by atoms with Crippen molar-refractivity contribution in [2.45, 2.75) is 49.7 Å². The monoisotopic (exact) mass is 302 g/mol. The van der Waals surface area contributed by atoms with Crippen molar-refractivity contribution in [3.05, 3.63) is 0 Å². The van der Waals surface area contributed by atoms with Gasteiger partial charge >= 0.3 is 6.18 Å². The maximum atomic E-state index is 12.8. The number of carbonyl (C=O) groups is 1. The SMILES string of the molecule is NC(=O)C(N)C(OC1CC(O)CC(CO)O1)C(F)(F)F. The molecule has 0 aromatic rings. The summed E-state index contributed by atoms with van der Waals surface area (Å²) in [5.74, 6) is -1.37. The standard InChI is InChI=1S/C10H17F3N2O5/c11-10(12,13)8(7(14)9(15)18)20-6-2-4(17)1-5(3-16)19-6/h4-8,16-17H,1-3,14H2,(H2,15,18). The van der Waals surface area contributed by atoms with Gasteiger partial charge in [0.05, 0.1) is 18.8 Å². The van der Waals surface area contributed by atoms with E-state index in [2.05, 4.69) is 4.74 Å². The molecular formula is C10H17F3N2O5. The summed E-state index contributed by atoms with van der Waals surface area (Å²) in [5, 5.41) is 18.4. The average molecular weight is 302 g/mol. The van der Waals surface area contributed by atoms with Gasteiger partial charge in [-0.25, -0.2) is 0 Å². The normalized spacial score (nSPS) is 30.8. The quantitative estimate of drug-likeness (QED) is 0.495. The van der Waals surface area contributed by atoms with Gasteiger partial charge in [-0.2, -0.15) is 13.2 Å². The Kier molecular flexibility index (Phi) is 5.71. The molecule has 118 valence electrons. The molecule has 1 aliphatic rings. The van der Waals surface area contributed by atoms with E-state index >= 15 is 0 Å². The second-order valence-corrected chi connectivity index (χ2v) is 4.52. The number of aliphatic hydroxyl groups is 2. The van der Waals surface area contributed by atoms with E-state index in [0.29, 0.717) is 0 Å². The second-order valence-electron chi connectivity index (χ2n) is 4.52. The molecule has 0 bridgehead atoms. The van der Waals surface area contributed by atoms with Crippen LogP contribution >= 0.6 is 0 Å². The van der Waals surface area contributed by atoms with E-state index in [1.165, 1.54) is 0 Å². The van der Waals surface area contributed by atoms with Crippen LogP contribution in [-0.4, -0.2) is 59.5 Å². The zero-order valence-electron chi connectivity index (χ0n) is 10.4. The lowest BCUT2D eigenvalue weighted by Crippen LogP contribution is -2.56. The molecule has 0 saturated carbocycles. The Hall–Kier alpha value is -0.940.